The molecule has 4 nitrogen and oxygen atoms in total. The van der Waals surface area contributed by atoms with Gasteiger partial charge in [-0.1, -0.05) is 12.1 Å². The van der Waals surface area contributed by atoms with E-state index in [-0.39, 0.29) is 23.8 Å². The van der Waals surface area contributed by atoms with Gasteiger partial charge in [0.05, 0.1) is 0 Å². The van der Waals surface area contributed by atoms with Crippen LogP contribution in [0.3, 0.4) is 0 Å². The minimum atomic E-state index is -0.248. The highest BCUT2D eigenvalue weighted by Gasteiger charge is 2.40. The monoisotopic (exact) mass is 332 g/mol. The summed E-state index contributed by atoms with van der Waals surface area (Å²) in [6.07, 6.45) is 6.61. The standard InChI is InChI=1S/C18H24N2O2S/c1-23-15-8-4-13(5-9-15)10-11-19-17(21)16-3-2-12-20(16)18(22)14-6-7-14/h4-5,8-9,14,16H,2-3,6-7,10-12H2,1H3,(H,19,21)/t16-/m1/s1. The summed E-state index contributed by atoms with van der Waals surface area (Å²) in [4.78, 5) is 27.7. The predicted octanol–water partition coefficient (Wildman–Crippen LogP) is 2.47. The van der Waals surface area contributed by atoms with Gasteiger partial charge in [-0.05, 0) is 56.1 Å². The Morgan fingerprint density at radius 1 is 1.22 bits per heavy atom. The Hall–Kier alpha value is -1.49. The van der Waals surface area contributed by atoms with Crippen LogP contribution in [0.4, 0.5) is 0 Å². The maximum atomic E-state index is 12.4. The molecule has 2 fully saturated rings. The summed E-state index contributed by atoms with van der Waals surface area (Å²) in [6.45, 7) is 1.36. The van der Waals surface area contributed by atoms with Gasteiger partial charge in [-0.3, -0.25) is 9.59 Å². The summed E-state index contributed by atoms with van der Waals surface area (Å²) in [7, 11) is 0. The molecule has 0 spiro atoms. The van der Waals surface area contributed by atoms with Crippen molar-refractivity contribution in [1.82, 2.24) is 10.2 Å². The van der Waals surface area contributed by atoms with Gasteiger partial charge in [0.1, 0.15) is 6.04 Å². The minimum absolute atomic E-state index is 0.0113. The first-order valence-corrected chi connectivity index (χ1v) is 9.62. The zero-order chi connectivity index (χ0) is 16.2. The summed E-state index contributed by atoms with van der Waals surface area (Å²) in [5, 5.41) is 3.01. The maximum Gasteiger partial charge on any atom is 0.242 e. The van der Waals surface area contributed by atoms with E-state index in [1.807, 2.05) is 0 Å². The van der Waals surface area contributed by atoms with Crippen LogP contribution < -0.4 is 5.32 Å². The molecule has 0 radical (unpaired) electrons. The first kappa shape index (κ1) is 16.4. The Balaban J connectivity index is 1.47. The summed E-state index contributed by atoms with van der Waals surface area (Å²) < 4.78 is 0. The van der Waals surface area contributed by atoms with Gasteiger partial charge >= 0.3 is 0 Å². The molecule has 1 heterocycles. The van der Waals surface area contributed by atoms with Crippen LogP contribution in [0.5, 0.6) is 0 Å². The molecule has 1 saturated carbocycles. The predicted molar refractivity (Wildman–Crippen MR) is 92.4 cm³/mol. The molecule has 0 aromatic heterocycles. The molecule has 1 aromatic rings. The summed E-state index contributed by atoms with van der Waals surface area (Å²) in [6, 6.07) is 8.18. The second kappa shape index (κ2) is 7.39. The van der Waals surface area contributed by atoms with Gasteiger partial charge in [0.2, 0.25) is 11.8 Å². The number of carbonyl (C=O) groups is 2. The third kappa shape index (κ3) is 4.08. The molecular formula is C18H24N2O2S. The van der Waals surface area contributed by atoms with Crippen molar-refractivity contribution in [3.8, 4) is 0 Å². The highest BCUT2D eigenvalue weighted by Crippen LogP contribution is 2.33. The molecule has 1 aliphatic heterocycles. The lowest BCUT2D eigenvalue weighted by molar-refractivity contribution is -0.139. The number of nitrogens with one attached hydrogen (secondary N) is 1. The van der Waals surface area contributed by atoms with Crippen molar-refractivity contribution in [3.05, 3.63) is 29.8 Å². The lowest BCUT2D eigenvalue weighted by atomic mass is 10.1. The lowest BCUT2D eigenvalue weighted by Gasteiger charge is -2.24. The van der Waals surface area contributed by atoms with E-state index >= 15 is 0 Å². The summed E-state index contributed by atoms with van der Waals surface area (Å²) in [5.74, 6) is 0.394. The van der Waals surface area contributed by atoms with Crippen LogP contribution in [0.2, 0.25) is 0 Å². The highest BCUT2D eigenvalue weighted by atomic mass is 32.2. The van der Waals surface area contributed by atoms with Crippen LogP contribution in [0.25, 0.3) is 0 Å². The number of amides is 2. The van der Waals surface area contributed by atoms with Gasteiger partial charge in [0, 0.05) is 23.9 Å². The molecule has 0 bridgehead atoms. The normalized spacial score (nSPS) is 20.6. The summed E-state index contributed by atoms with van der Waals surface area (Å²) in [5.41, 5.74) is 1.22. The van der Waals surface area contributed by atoms with Crippen LogP contribution in [0, 0.1) is 5.92 Å². The Labute approximate surface area is 142 Å². The molecule has 1 N–H and O–H groups in total. The third-order valence-corrected chi connectivity index (χ3v) is 5.38. The van der Waals surface area contributed by atoms with Gasteiger partial charge < -0.3 is 10.2 Å². The Morgan fingerprint density at radius 2 is 1.96 bits per heavy atom. The fraction of sp³-hybridized carbons (Fsp3) is 0.556. The quantitative estimate of drug-likeness (QED) is 0.814. The van der Waals surface area contributed by atoms with Crippen LogP contribution in [-0.4, -0.2) is 42.1 Å². The lowest BCUT2D eigenvalue weighted by Crippen LogP contribution is -2.46. The van der Waals surface area contributed by atoms with E-state index < -0.39 is 0 Å². The molecule has 5 heteroatoms. The van der Waals surface area contributed by atoms with Gasteiger partial charge in [-0.2, -0.15) is 0 Å². The minimum Gasteiger partial charge on any atom is -0.354 e. The van der Waals surface area contributed by atoms with E-state index in [9.17, 15) is 9.59 Å². The zero-order valence-electron chi connectivity index (χ0n) is 13.6. The second-order valence-corrected chi connectivity index (χ2v) is 7.23. The van der Waals surface area contributed by atoms with Crippen molar-refractivity contribution in [2.45, 2.75) is 43.0 Å². The van der Waals surface area contributed by atoms with Crippen molar-refractivity contribution >= 4 is 23.6 Å². The number of hydrogen-bond acceptors (Lipinski definition) is 3. The van der Waals surface area contributed by atoms with Gasteiger partial charge in [-0.25, -0.2) is 0 Å². The number of nitrogens with zero attached hydrogens (tertiary/aromatic N) is 1. The average molecular weight is 332 g/mol. The molecule has 124 valence electrons. The molecule has 1 aliphatic carbocycles. The Kier molecular flexibility index (Phi) is 5.26. The van der Waals surface area contributed by atoms with Crippen LogP contribution >= 0.6 is 11.8 Å². The number of likely N-dealkylation sites (tertiary alicyclic amines) is 1. The van der Waals surface area contributed by atoms with Gasteiger partial charge in [0.25, 0.3) is 0 Å². The zero-order valence-corrected chi connectivity index (χ0v) is 14.4. The van der Waals surface area contributed by atoms with Gasteiger partial charge in [0.15, 0.2) is 0 Å². The topological polar surface area (TPSA) is 49.4 Å². The molecule has 0 unspecified atom stereocenters. The maximum absolute atomic E-state index is 12.4. The third-order valence-electron chi connectivity index (χ3n) is 4.64. The fourth-order valence-corrected chi connectivity index (χ4v) is 3.52. The smallest absolute Gasteiger partial charge is 0.242 e. The van der Waals surface area contributed by atoms with Crippen molar-refractivity contribution in [2.75, 3.05) is 19.3 Å². The van der Waals surface area contributed by atoms with Crippen molar-refractivity contribution in [3.63, 3.8) is 0 Å². The second-order valence-electron chi connectivity index (χ2n) is 6.35. The van der Waals surface area contributed by atoms with Gasteiger partial charge in [-0.15, -0.1) is 11.8 Å². The summed E-state index contributed by atoms with van der Waals surface area (Å²) >= 11 is 1.73. The number of carbonyl (C=O) groups excluding carboxylic acids is 2. The number of benzene rings is 1. The molecule has 2 amide bonds. The molecule has 3 rings (SSSR count). The van der Waals surface area contributed by atoms with Crippen LogP contribution in [-0.2, 0) is 16.0 Å². The van der Waals surface area contributed by atoms with E-state index in [4.69, 9.17) is 0 Å². The molecule has 23 heavy (non-hydrogen) atoms. The average Bonchev–Trinajstić information content (AvgIpc) is 3.31. The van der Waals surface area contributed by atoms with E-state index in [2.05, 4.69) is 35.8 Å². The van der Waals surface area contributed by atoms with E-state index in [1.165, 1.54) is 10.5 Å². The number of hydrogen-bond donors (Lipinski definition) is 1. The van der Waals surface area contributed by atoms with Crippen molar-refractivity contribution in [2.24, 2.45) is 5.92 Å². The first-order valence-electron chi connectivity index (χ1n) is 8.40. The van der Waals surface area contributed by atoms with Crippen LogP contribution in [0.1, 0.15) is 31.2 Å². The largest absolute Gasteiger partial charge is 0.354 e. The molecule has 1 saturated heterocycles. The first-order chi connectivity index (χ1) is 11.2. The molecule has 1 aromatic carbocycles. The van der Waals surface area contributed by atoms with Crippen molar-refractivity contribution in [1.29, 1.82) is 0 Å². The number of thioether (sulfide) groups is 1. The molecule has 2 aliphatic rings. The fourth-order valence-electron chi connectivity index (χ4n) is 3.11. The Bertz CT molecular complexity index is 569. The molecular weight excluding hydrogens is 308 g/mol. The number of rotatable bonds is 6. The van der Waals surface area contributed by atoms with E-state index in [0.717, 1.165) is 38.6 Å². The van der Waals surface area contributed by atoms with E-state index in [0.29, 0.717) is 6.54 Å². The molecule has 1 atom stereocenters. The van der Waals surface area contributed by atoms with Crippen LogP contribution in [0.15, 0.2) is 29.2 Å². The highest BCUT2D eigenvalue weighted by molar-refractivity contribution is 7.98. The SMILES string of the molecule is CSc1ccc(CCNC(=O)[C@H]2CCCN2C(=O)C2CC2)cc1. The van der Waals surface area contributed by atoms with E-state index in [1.54, 1.807) is 16.7 Å². The van der Waals surface area contributed by atoms with Crippen molar-refractivity contribution < 1.29 is 9.59 Å². The Morgan fingerprint density at radius 3 is 2.61 bits per heavy atom.